The number of carbonyl (C=O) groups is 1. The zero-order valence-corrected chi connectivity index (χ0v) is 12.0. The highest BCUT2D eigenvalue weighted by Gasteiger charge is 2.32. The van der Waals surface area contributed by atoms with Crippen LogP contribution in [0.15, 0.2) is 18.2 Å². The van der Waals surface area contributed by atoms with E-state index in [0.29, 0.717) is 12.1 Å². The Morgan fingerprint density at radius 1 is 1.55 bits per heavy atom. The van der Waals surface area contributed by atoms with Crippen molar-refractivity contribution < 1.29 is 9.18 Å². The molecule has 1 aliphatic rings. The summed E-state index contributed by atoms with van der Waals surface area (Å²) in [6, 6.07) is 4.20. The molecule has 1 saturated carbocycles. The fraction of sp³-hybridized carbons (Fsp3) is 0.533. The molecule has 5 heteroatoms. The number of halogens is 1. The van der Waals surface area contributed by atoms with Crippen molar-refractivity contribution in [1.82, 2.24) is 4.90 Å². The van der Waals surface area contributed by atoms with Crippen LogP contribution in [-0.2, 0) is 4.79 Å². The van der Waals surface area contributed by atoms with Crippen molar-refractivity contribution in [3.05, 3.63) is 24.0 Å². The van der Waals surface area contributed by atoms with Crippen LogP contribution in [0.3, 0.4) is 0 Å². The minimum absolute atomic E-state index is 0.0441. The fourth-order valence-electron chi connectivity index (χ4n) is 2.28. The van der Waals surface area contributed by atoms with E-state index >= 15 is 0 Å². The molecule has 2 unspecified atom stereocenters. The molecule has 0 aromatic heterocycles. The second-order valence-electron chi connectivity index (χ2n) is 5.77. The molecule has 1 aromatic rings. The Morgan fingerprint density at radius 2 is 2.25 bits per heavy atom. The second-order valence-corrected chi connectivity index (χ2v) is 5.77. The number of rotatable bonds is 6. The number of amides is 1. The quantitative estimate of drug-likeness (QED) is 0.786. The molecule has 0 radical (unpaired) electrons. The van der Waals surface area contributed by atoms with E-state index in [1.807, 2.05) is 7.05 Å². The van der Waals surface area contributed by atoms with E-state index in [1.165, 1.54) is 24.6 Å². The minimum atomic E-state index is -0.471. The zero-order valence-electron chi connectivity index (χ0n) is 12.0. The third-order valence-electron chi connectivity index (χ3n) is 3.82. The molecular formula is C15H22FN3O. The lowest BCUT2D eigenvalue weighted by Crippen LogP contribution is -2.26. The molecule has 110 valence electrons. The number of nitrogens with zero attached hydrogens (tertiary/aromatic N) is 1. The Labute approximate surface area is 119 Å². The molecule has 1 fully saturated rings. The van der Waals surface area contributed by atoms with Crippen molar-refractivity contribution in [1.29, 1.82) is 0 Å². The van der Waals surface area contributed by atoms with Gasteiger partial charge in [-0.05, 0) is 43.5 Å². The molecule has 0 heterocycles. The SMILES string of the molecule is CC1CC1CN(C)CCC(=O)Nc1ccc(F)c(N)c1. The van der Waals surface area contributed by atoms with Gasteiger partial charge < -0.3 is 16.0 Å². The van der Waals surface area contributed by atoms with Crippen LogP contribution in [0.25, 0.3) is 0 Å². The van der Waals surface area contributed by atoms with Gasteiger partial charge in [-0.2, -0.15) is 0 Å². The van der Waals surface area contributed by atoms with Gasteiger partial charge in [0.1, 0.15) is 5.82 Å². The van der Waals surface area contributed by atoms with Gasteiger partial charge in [0, 0.05) is 25.2 Å². The number of benzene rings is 1. The fourth-order valence-corrected chi connectivity index (χ4v) is 2.28. The van der Waals surface area contributed by atoms with Crippen molar-refractivity contribution in [3.63, 3.8) is 0 Å². The molecule has 1 aliphatic carbocycles. The first-order chi connectivity index (χ1) is 9.45. The topological polar surface area (TPSA) is 58.4 Å². The summed E-state index contributed by atoms with van der Waals surface area (Å²) in [5.74, 6) is 1.07. The molecule has 20 heavy (non-hydrogen) atoms. The van der Waals surface area contributed by atoms with Gasteiger partial charge in [0.15, 0.2) is 0 Å². The van der Waals surface area contributed by atoms with Crippen molar-refractivity contribution in [3.8, 4) is 0 Å². The molecule has 3 N–H and O–H groups in total. The number of hydrogen-bond donors (Lipinski definition) is 2. The zero-order chi connectivity index (χ0) is 14.7. The molecule has 1 aromatic carbocycles. The number of nitrogens with one attached hydrogen (secondary N) is 1. The molecule has 0 saturated heterocycles. The van der Waals surface area contributed by atoms with Gasteiger partial charge in [-0.25, -0.2) is 4.39 Å². The Bertz CT molecular complexity index is 492. The summed E-state index contributed by atoms with van der Waals surface area (Å²) in [5.41, 5.74) is 6.04. The van der Waals surface area contributed by atoms with Gasteiger partial charge in [0.25, 0.3) is 0 Å². The Morgan fingerprint density at radius 3 is 2.85 bits per heavy atom. The predicted octanol–water partition coefficient (Wildman–Crippen LogP) is 2.32. The average molecular weight is 279 g/mol. The first kappa shape index (κ1) is 14.8. The number of nitrogens with two attached hydrogens (primary N) is 1. The van der Waals surface area contributed by atoms with E-state index in [4.69, 9.17) is 5.73 Å². The minimum Gasteiger partial charge on any atom is -0.396 e. The number of carbonyl (C=O) groups excluding carboxylic acids is 1. The standard InChI is InChI=1S/C15H22FN3O/c1-10-7-11(10)9-19(2)6-5-15(20)18-12-3-4-13(16)14(17)8-12/h3-4,8,10-11H,5-7,9,17H2,1-2H3,(H,18,20). The summed E-state index contributed by atoms with van der Waals surface area (Å²) in [4.78, 5) is 14.0. The lowest BCUT2D eigenvalue weighted by Gasteiger charge is -2.16. The van der Waals surface area contributed by atoms with E-state index in [1.54, 1.807) is 0 Å². The van der Waals surface area contributed by atoms with Crippen molar-refractivity contribution in [2.45, 2.75) is 19.8 Å². The Hall–Kier alpha value is -1.62. The van der Waals surface area contributed by atoms with Gasteiger partial charge in [0.05, 0.1) is 5.69 Å². The molecular weight excluding hydrogens is 257 g/mol. The maximum atomic E-state index is 13.0. The van der Waals surface area contributed by atoms with E-state index in [9.17, 15) is 9.18 Å². The van der Waals surface area contributed by atoms with Gasteiger partial charge in [0.2, 0.25) is 5.91 Å². The van der Waals surface area contributed by atoms with Crippen LogP contribution >= 0.6 is 0 Å². The number of nitrogen functional groups attached to an aromatic ring is 1. The van der Waals surface area contributed by atoms with Gasteiger partial charge >= 0.3 is 0 Å². The first-order valence-corrected chi connectivity index (χ1v) is 6.99. The predicted molar refractivity (Wildman–Crippen MR) is 78.8 cm³/mol. The molecule has 2 atom stereocenters. The highest BCUT2D eigenvalue weighted by Crippen LogP contribution is 2.37. The Balaban J connectivity index is 1.73. The molecule has 0 aliphatic heterocycles. The third-order valence-corrected chi connectivity index (χ3v) is 3.82. The maximum Gasteiger partial charge on any atom is 0.225 e. The first-order valence-electron chi connectivity index (χ1n) is 6.99. The highest BCUT2D eigenvalue weighted by atomic mass is 19.1. The maximum absolute atomic E-state index is 13.0. The van der Waals surface area contributed by atoms with E-state index < -0.39 is 5.82 Å². The molecule has 2 rings (SSSR count). The van der Waals surface area contributed by atoms with E-state index in [0.717, 1.165) is 24.9 Å². The second kappa shape index (κ2) is 6.22. The third kappa shape index (κ3) is 4.20. The molecule has 0 bridgehead atoms. The number of hydrogen-bond acceptors (Lipinski definition) is 3. The van der Waals surface area contributed by atoms with Crippen molar-refractivity contribution in [2.24, 2.45) is 11.8 Å². The summed E-state index contributed by atoms with van der Waals surface area (Å²) >= 11 is 0. The van der Waals surface area contributed by atoms with Crippen LogP contribution in [0.2, 0.25) is 0 Å². The van der Waals surface area contributed by atoms with Crippen molar-refractivity contribution in [2.75, 3.05) is 31.2 Å². The summed E-state index contributed by atoms with van der Waals surface area (Å²) in [6.45, 7) is 4.04. The van der Waals surface area contributed by atoms with Gasteiger partial charge in [-0.1, -0.05) is 6.92 Å². The van der Waals surface area contributed by atoms with E-state index in [2.05, 4.69) is 17.1 Å². The summed E-state index contributed by atoms with van der Waals surface area (Å²) < 4.78 is 13.0. The highest BCUT2D eigenvalue weighted by molar-refractivity contribution is 5.91. The summed E-state index contributed by atoms with van der Waals surface area (Å²) in [6.07, 6.45) is 1.72. The summed E-state index contributed by atoms with van der Waals surface area (Å²) in [7, 11) is 2.04. The van der Waals surface area contributed by atoms with E-state index in [-0.39, 0.29) is 11.6 Å². The smallest absolute Gasteiger partial charge is 0.225 e. The largest absolute Gasteiger partial charge is 0.396 e. The van der Waals surface area contributed by atoms with Crippen LogP contribution in [0.1, 0.15) is 19.8 Å². The van der Waals surface area contributed by atoms with Crippen LogP contribution in [0.4, 0.5) is 15.8 Å². The van der Waals surface area contributed by atoms with Crippen LogP contribution in [0.5, 0.6) is 0 Å². The van der Waals surface area contributed by atoms with Gasteiger partial charge in [-0.15, -0.1) is 0 Å². The monoisotopic (exact) mass is 279 g/mol. The van der Waals surface area contributed by atoms with Crippen molar-refractivity contribution >= 4 is 17.3 Å². The Kier molecular flexibility index (Phi) is 4.60. The molecule has 1 amide bonds. The van der Waals surface area contributed by atoms with Crippen LogP contribution < -0.4 is 11.1 Å². The normalized spacial score (nSPS) is 21.0. The summed E-state index contributed by atoms with van der Waals surface area (Å²) in [5, 5.41) is 2.73. The van der Waals surface area contributed by atoms with Crippen LogP contribution in [0, 0.1) is 17.7 Å². The molecule has 4 nitrogen and oxygen atoms in total. The van der Waals surface area contributed by atoms with Gasteiger partial charge in [-0.3, -0.25) is 4.79 Å². The average Bonchev–Trinajstić information content (AvgIpc) is 3.07. The lowest BCUT2D eigenvalue weighted by molar-refractivity contribution is -0.116. The molecule has 0 spiro atoms. The lowest BCUT2D eigenvalue weighted by atomic mass is 10.2. The number of anilines is 2. The van der Waals surface area contributed by atoms with Crippen LogP contribution in [-0.4, -0.2) is 30.9 Å².